The summed E-state index contributed by atoms with van der Waals surface area (Å²) < 4.78 is 14.3. The molecule has 0 spiro atoms. The van der Waals surface area contributed by atoms with E-state index >= 15 is 0 Å². The molecule has 0 saturated carbocycles. The van der Waals surface area contributed by atoms with Crippen molar-refractivity contribution < 1.29 is 4.39 Å². The topological polar surface area (TPSA) is 12.0 Å². The second kappa shape index (κ2) is 7.00. The first kappa shape index (κ1) is 15.2. The molecule has 0 bridgehead atoms. The van der Waals surface area contributed by atoms with Crippen molar-refractivity contribution in [1.29, 1.82) is 0 Å². The molecule has 0 heterocycles. The lowest BCUT2D eigenvalue weighted by atomic mass is 9.96. The molecule has 2 rings (SSSR count). The summed E-state index contributed by atoms with van der Waals surface area (Å²) in [6, 6.07) is 13.5. The Morgan fingerprint density at radius 2 is 1.80 bits per heavy atom. The minimum absolute atomic E-state index is 0.186. The summed E-state index contributed by atoms with van der Waals surface area (Å²) in [5, 5.41) is 3.33. The Kier molecular flexibility index (Phi) is 5.32. The normalized spacial score (nSPS) is 12.4. The molecule has 1 nitrogen and oxygen atoms in total. The van der Waals surface area contributed by atoms with Crippen LogP contribution in [0.2, 0.25) is 0 Å². The fourth-order valence-corrected chi connectivity index (χ4v) is 2.75. The molecule has 1 atom stereocenters. The van der Waals surface area contributed by atoms with Crippen LogP contribution in [0.3, 0.4) is 0 Å². The van der Waals surface area contributed by atoms with Crippen LogP contribution >= 0.6 is 15.9 Å². The molecule has 20 heavy (non-hydrogen) atoms. The summed E-state index contributed by atoms with van der Waals surface area (Å²) in [5.74, 6) is -0.186. The molecule has 1 unspecified atom stereocenters. The minimum atomic E-state index is -0.186. The van der Waals surface area contributed by atoms with Gasteiger partial charge in [0, 0.05) is 10.5 Å². The molecule has 0 aliphatic rings. The Balaban J connectivity index is 2.13. The molecule has 0 amide bonds. The standard InChI is InChI=1S/C17H19BrFN/c1-12-5-3-4-6-13(12)10-16(20-2)11-14-9-15(19)7-8-17(14)18/h3-9,16,20H,10-11H2,1-2H3. The van der Waals surface area contributed by atoms with Gasteiger partial charge in [-0.15, -0.1) is 0 Å². The summed E-state index contributed by atoms with van der Waals surface area (Å²) >= 11 is 3.49. The number of likely N-dealkylation sites (N-methyl/N-ethyl adjacent to an activating group) is 1. The lowest BCUT2D eigenvalue weighted by Gasteiger charge is -2.18. The zero-order valence-corrected chi connectivity index (χ0v) is 13.4. The summed E-state index contributed by atoms with van der Waals surface area (Å²) in [4.78, 5) is 0. The van der Waals surface area contributed by atoms with E-state index in [1.807, 2.05) is 7.05 Å². The first-order chi connectivity index (χ1) is 9.60. The van der Waals surface area contributed by atoms with Crippen LogP contribution in [0.1, 0.15) is 16.7 Å². The molecule has 3 heteroatoms. The van der Waals surface area contributed by atoms with Crippen LogP contribution < -0.4 is 5.32 Å². The van der Waals surface area contributed by atoms with E-state index in [0.29, 0.717) is 0 Å². The van der Waals surface area contributed by atoms with Gasteiger partial charge in [-0.2, -0.15) is 0 Å². The third-order valence-corrected chi connectivity index (χ3v) is 4.38. The lowest BCUT2D eigenvalue weighted by molar-refractivity contribution is 0.551. The van der Waals surface area contributed by atoms with Gasteiger partial charge in [-0.25, -0.2) is 4.39 Å². The Labute approximate surface area is 128 Å². The Morgan fingerprint density at radius 1 is 1.10 bits per heavy atom. The zero-order valence-electron chi connectivity index (χ0n) is 11.8. The predicted octanol–water partition coefficient (Wildman–Crippen LogP) is 4.27. The quantitative estimate of drug-likeness (QED) is 0.860. The van der Waals surface area contributed by atoms with E-state index in [1.54, 1.807) is 12.1 Å². The average molecular weight is 336 g/mol. The van der Waals surface area contributed by atoms with E-state index in [0.717, 1.165) is 22.9 Å². The second-order valence-electron chi connectivity index (χ2n) is 5.06. The number of benzene rings is 2. The van der Waals surface area contributed by atoms with Crippen LogP contribution in [-0.2, 0) is 12.8 Å². The van der Waals surface area contributed by atoms with Crippen LogP contribution in [0.15, 0.2) is 46.9 Å². The molecule has 0 fully saturated rings. The third-order valence-electron chi connectivity index (χ3n) is 3.61. The molecule has 1 N–H and O–H groups in total. The van der Waals surface area contributed by atoms with Gasteiger partial charge in [0.1, 0.15) is 5.82 Å². The first-order valence-corrected chi connectivity index (χ1v) is 7.55. The van der Waals surface area contributed by atoms with Gasteiger partial charge in [0.25, 0.3) is 0 Å². The van der Waals surface area contributed by atoms with E-state index in [-0.39, 0.29) is 11.9 Å². The third kappa shape index (κ3) is 3.90. The zero-order chi connectivity index (χ0) is 14.5. The van der Waals surface area contributed by atoms with Gasteiger partial charge in [0.05, 0.1) is 0 Å². The Hall–Kier alpha value is -1.19. The second-order valence-corrected chi connectivity index (χ2v) is 5.91. The molecule has 106 valence electrons. The minimum Gasteiger partial charge on any atom is -0.316 e. The van der Waals surface area contributed by atoms with Crippen molar-refractivity contribution in [2.75, 3.05) is 7.05 Å². The highest BCUT2D eigenvalue weighted by atomic mass is 79.9. The van der Waals surface area contributed by atoms with Crippen molar-refractivity contribution in [3.63, 3.8) is 0 Å². The van der Waals surface area contributed by atoms with E-state index in [2.05, 4.69) is 52.4 Å². The molecular weight excluding hydrogens is 317 g/mol. The number of nitrogens with one attached hydrogen (secondary N) is 1. The lowest BCUT2D eigenvalue weighted by Crippen LogP contribution is -2.30. The molecule has 0 saturated heterocycles. The van der Waals surface area contributed by atoms with Crippen molar-refractivity contribution in [2.24, 2.45) is 0 Å². The maximum Gasteiger partial charge on any atom is 0.123 e. The summed E-state index contributed by atoms with van der Waals surface area (Å²) in [7, 11) is 1.95. The predicted molar refractivity (Wildman–Crippen MR) is 85.5 cm³/mol. The summed E-state index contributed by atoms with van der Waals surface area (Å²) in [6.07, 6.45) is 1.73. The van der Waals surface area contributed by atoms with E-state index in [1.165, 1.54) is 17.2 Å². The van der Waals surface area contributed by atoms with Crippen molar-refractivity contribution >= 4 is 15.9 Å². The number of aryl methyl sites for hydroxylation is 1. The number of hydrogen-bond acceptors (Lipinski definition) is 1. The maximum absolute atomic E-state index is 13.4. The average Bonchev–Trinajstić information content (AvgIpc) is 2.44. The molecule has 0 radical (unpaired) electrons. The van der Waals surface area contributed by atoms with Gasteiger partial charge < -0.3 is 5.32 Å². The summed E-state index contributed by atoms with van der Waals surface area (Å²) in [5.41, 5.74) is 3.63. The molecule has 2 aromatic carbocycles. The molecular formula is C17H19BrFN. The highest BCUT2D eigenvalue weighted by Gasteiger charge is 2.12. The van der Waals surface area contributed by atoms with Gasteiger partial charge in [-0.1, -0.05) is 40.2 Å². The van der Waals surface area contributed by atoms with E-state index < -0.39 is 0 Å². The SMILES string of the molecule is CNC(Cc1ccccc1C)Cc1cc(F)ccc1Br. The first-order valence-electron chi connectivity index (χ1n) is 6.76. The fraction of sp³-hybridized carbons (Fsp3) is 0.294. The number of hydrogen-bond donors (Lipinski definition) is 1. The van der Waals surface area contributed by atoms with E-state index in [4.69, 9.17) is 0 Å². The van der Waals surface area contributed by atoms with Crippen molar-refractivity contribution in [3.05, 3.63) is 69.4 Å². The fourth-order valence-electron chi connectivity index (χ4n) is 2.35. The molecule has 2 aromatic rings. The molecule has 0 aromatic heterocycles. The van der Waals surface area contributed by atoms with Crippen LogP contribution in [-0.4, -0.2) is 13.1 Å². The van der Waals surface area contributed by atoms with Crippen LogP contribution in [0, 0.1) is 12.7 Å². The smallest absolute Gasteiger partial charge is 0.123 e. The van der Waals surface area contributed by atoms with Crippen molar-refractivity contribution in [2.45, 2.75) is 25.8 Å². The number of halogens is 2. The largest absolute Gasteiger partial charge is 0.316 e. The van der Waals surface area contributed by atoms with Crippen molar-refractivity contribution in [3.8, 4) is 0 Å². The van der Waals surface area contributed by atoms with Crippen LogP contribution in [0.4, 0.5) is 4.39 Å². The Bertz CT molecular complexity index is 583. The van der Waals surface area contributed by atoms with Gasteiger partial charge in [-0.3, -0.25) is 0 Å². The van der Waals surface area contributed by atoms with Crippen molar-refractivity contribution in [1.82, 2.24) is 5.32 Å². The Morgan fingerprint density at radius 3 is 2.50 bits per heavy atom. The van der Waals surface area contributed by atoms with Gasteiger partial charge in [-0.05, 0) is 61.7 Å². The van der Waals surface area contributed by atoms with Crippen LogP contribution in [0.25, 0.3) is 0 Å². The maximum atomic E-state index is 13.4. The van der Waals surface area contributed by atoms with Gasteiger partial charge in [0.2, 0.25) is 0 Å². The molecule has 0 aliphatic heterocycles. The monoisotopic (exact) mass is 335 g/mol. The van der Waals surface area contributed by atoms with Gasteiger partial charge >= 0.3 is 0 Å². The summed E-state index contributed by atoms with van der Waals surface area (Å²) in [6.45, 7) is 2.13. The van der Waals surface area contributed by atoms with E-state index in [9.17, 15) is 4.39 Å². The molecule has 0 aliphatic carbocycles. The van der Waals surface area contributed by atoms with Crippen LogP contribution in [0.5, 0.6) is 0 Å². The van der Waals surface area contributed by atoms with Gasteiger partial charge in [0.15, 0.2) is 0 Å². The highest BCUT2D eigenvalue weighted by Crippen LogP contribution is 2.21. The highest BCUT2D eigenvalue weighted by molar-refractivity contribution is 9.10. The number of rotatable bonds is 5.